The summed E-state index contributed by atoms with van der Waals surface area (Å²) in [6.07, 6.45) is 4.72. The Hall–Kier alpha value is -1.55. The Bertz CT molecular complexity index is 507. The Balaban J connectivity index is 1.70. The number of nitrogen functional groups attached to an aromatic ring is 1. The van der Waals surface area contributed by atoms with Crippen molar-refractivity contribution in [1.82, 2.24) is 9.80 Å². The average Bonchev–Trinajstić information content (AvgIpc) is 3.17. The third-order valence-corrected chi connectivity index (χ3v) is 4.60. The summed E-state index contributed by atoms with van der Waals surface area (Å²) in [4.78, 5) is 17.0. The minimum atomic E-state index is -0.0305. The number of amides is 1. The van der Waals surface area contributed by atoms with Crippen LogP contribution in [0.25, 0.3) is 0 Å². The number of carbonyl (C=O) groups is 1. The predicted molar refractivity (Wildman–Crippen MR) is 84.7 cm³/mol. The van der Waals surface area contributed by atoms with Gasteiger partial charge in [0.2, 0.25) is 5.91 Å². The van der Waals surface area contributed by atoms with Crippen LogP contribution < -0.4 is 5.73 Å². The number of hydrogen-bond acceptors (Lipinski definition) is 3. The van der Waals surface area contributed by atoms with E-state index in [9.17, 15) is 4.79 Å². The largest absolute Gasteiger partial charge is 0.399 e. The fourth-order valence-electron chi connectivity index (χ4n) is 3.23. The molecule has 0 bridgehead atoms. The molecule has 3 rings (SSSR count). The summed E-state index contributed by atoms with van der Waals surface area (Å²) < 4.78 is 0. The van der Waals surface area contributed by atoms with Crippen molar-refractivity contribution >= 4 is 11.6 Å². The summed E-state index contributed by atoms with van der Waals surface area (Å²) >= 11 is 0. The molecule has 0 radical (unpaired) electrons. The van der Waals surface area contributed by atoms with Gasteiger partial charge in [0.15, 0.2) is 0 Å². The minimum absolute atomic E-state index is 0.0305. The van der Waals surface area contributed by atoms with Crippen molar-refractivity contribution in [3.05, 3.63) is 29.8 Å². The molecular formula is C17H25N3O. The number of likely N-dealkylation sites (tertiary alicyclic amines) is 1. The molecule has 1 unspecified atom stereocenters. The molecule has 1 atom stereocenters. The molecule has 114 valence electrons. The van der Waals surface area contributed by atoms with Gasteiger partial charge in [0.05, 0.1) is 6.04 Å². The van der Waals surface area contributed by atoms with Crippen LogP contribution in [-0.2, 0) is 11.3 Å². The molecule has 4 nitrogen and oxygen atoms in total. The molecule has 2 aliphatic rings. The predicted octanol–water partition coefficient (Wildman–Crippen LogP) is 2.24. The summed E-state index contributed by atoms with van der Waals surface area (Å²) in [5.41, 5.74) is 7.86. The molecular weight excluding hydrogens is 262 g/mol. The Kier molecular flexibility index (Phi) is 4.15. The van der Waals surface area contributed by atoms with E-state index in [1.165, 1.54) is 18.4 Å². The normalized spacial score (nSPS) is 20.0. The van der Waals surface area contributed by atoms with Crippen molar-refractivity contribution < 1.29 is 4.79 Å². The molecule has 1 saturated heterocycles. The van der Waals surface area contributed by atoms with Gasteiger partial charge < -0.3 is 10.6 Å². The van der Waals surface area contributed by atoms with Crippen LogP contribution in [-0.4, -0.2) is 40.9 Å². The highest BCUT2D eigenvalue weighted by Crippen LogP contribution is 2.31. The summed E-state index contributed by atoms with van der Waals surface area (Å²) in [5.74, 6) is 0.295. The van der Waals surface area contributed by atoms with Crippen molar-refractivity contribution in [1.29, 1.82) is 0 Å². The van der Waals surface area contributed by atoms with E-state index in [1.54, 1.807) is 0 Å². The van der Waals surface area contributed by atoms with E-state index in [4.69, 9.17) is 5.73 Å². The van der Waals surface area contributed by atoms with Crippen LogP contribution in [0.2, 0.25) is 0 Å². The summed E-state index contributed by atoms with van der Waals surface area (Å²) in [5, 5.41) is 0. The lowest BCUT2D eigenvalue weighted by molar-refractivity contribution is -0.135. The van der Waals surface area contributed by atoms with Crippen molar-refractivity contribution in [2.75, 3.05) is 18.8 Å². The van der Waals surface area contributed by atoms with Crippen LogP contribution in [0.1, 0.15) is 38.2 Å². The zero-order valence-electron chi connectivity index (χ0n) is 12.8. The van der Waals surface area contributed by atoms with E-state index in [-0.39, 0.29) is 6.04 Å². The second-order valence-corrected chi connectivity index (χ2v) is 6.36. The maximum Gasteiger partial charge on any atom is 0.239 e. The highest BCUT2D eigenvalue weighted by atomic mass is 16.2. The molecule has 1 aliphatic carbocycles. The molecule has 2 N–H and O–H groups in total. The third-order valence-electron chi connectivity index (χ3n) is 4.60. The van der Waals surface area contributed by atoms with Gasteiger partial charge in [0, 0.05) is 31.4 Å². The maximum absolute atomic E-state index is 12.6. The van der Waals surface area contributed by atoms with Crippen LogP contribution in [0.15, 0.2) is 24.3 Å². The van der Waals surface area contributed by atoms with Crippen LogP contribution in [0, 0.1) is 0 Å². The number of nitrogens with two attached hydrogens (primary N) is 1. The first-order chi connectivity index (χ1) is 10.1. The highest BCUT2D eigenvalue weighted by Gasteiger charge is 2.36. The van der Waals surface area contributed by atoms with Crippen molar-refractivity contribution in [2.24, 2.45) is 0 Å². The third kappa shape index (κ3) is 3.38. The molecule has 1 aromatic carbocycles. The first-order valence-corrected chi connectivity index (χ1v) is 8.04. The van der Waals surface area contributed by atoms with Crippen molar-refractivity contribution in [3.63, 3.8) is 0 Å². The van der Waals surface area contributed by atoms with Crippen molar-refractivity contribution in [2.45, 2.75) is 51.2 Å². The van der Waals surface area contributed by atoms with Gasteiger partial charge in [-0.3, -0.25) is 9.69 Å². The Morgan fingerprint density at radius 1 is 1.38 bits per heavy atom. The Morgan fingerprint density at radius 3 is 2.71 bits per heavy atom. The summed E-state index contributed by atoms with van der Waals surface area (Å²) in [6.45, 7) is 4.74. The smallest absolute Gasteiger partial charge is 0.239 e. The second kappa shape index (κ2) is 6.06. The molecule has 1 saturated carbocycles. The standard InChI is InChI=1S/C17H25N3O/c1-13(17(21)19-9-2-3-10-19)20(16-7-8-16)12-14-5-4-6-15(18)11-14/h4-6,11,13,16H,2-3,7-10,12,18H2,1H3. The lowest BCUT2D eigenvalue weighted by Gasteiger charge is -2.31. The molecule has 21 heavy (non-hydrogen) atoms. The number of anilines is 1. The van der Waals surface area contributed by atoms with E-state index in [2.05, 4.69) is 17.9 Å². The zero-order valence-corrected chi connectivity index (χ0v) is 12.8. The Labute approximate surface area is 126 Å². The second-order valence-electron chi connectivity index (χ2n) is 6.36. The molecule has 4 heteroatoms. The van der Waals surface area contributed by atoms with Crippen molar-refractivity contribution in [3.8, 4) is 0 Å². The van der Waals surface area contributed by atoms with Crippen LogP contribution in [0.3, 0.4) is 0 Å². The number of carbonyl (C=O) groups excluding carboxylic acids is 1. The molecule has 1 aliphatic heterocycles. The maximum atomic E-state index is 12.6. The lowest BCUT2D eigenvalue weighted by Crippen LogP contribution is -2.46. The number of nitrogens with zero attached hydrogens (tertiary/aromatic N) is 2. The summed E-state index contributed by atoms with van der Waals surface area (Å²) in [7, 11) is 0. The van der Waals surface area contributed by atoms with E-state index < -0.39 is 0 Å². The number of rotatable bonds is 5. The zero-order chi connectivity index (χ0) is 14.8. The van der Waals surface area contributed by atoms with Gasteiger partial charge in [0.1, 0.15) is 0 Å². The molecule has 1 aromatic rings. The molecule has 1 heterocycles. The fraction of sp³-hybridized carbons (Fsp3) is 0.588. The highest BCUT2D eigenvalue weighted by molar-refractivity contribution is 5.81. The quantitative estimate of drug-likeness (QED) is 0.845. The molecule has 2 fully saturated rings. The van der Waals surface area contributed by atoms with Gasteiger partial charge in [-0.05, 0) is 50.3 Å². The topological polar surface area (TPSA) is 49.6 Å². The minimum Gasteiger partial charge on any atom is -0.399 e. The number of benzene rings is 1. The fourth-order valence-corrected chi connectivity index (χ4v) is 3.23. The van der Waals surface area contributed by atoms with E-state index >= 15 is 0 Å². The van der Waals surface area contributed by atoms with Crippen LogP contribution in [0.4, 0.5) is 5.69 Å². The Morgan fingerprint density at radius 2 is 2.10 bits per heavy atom. The van der Waals surface area contributed by atoms with Gasteiger partial charge in [-0.25, -0.2) is 0 Å². The first kappa shape index (κ1) is 14.4. The molecule has 1 amide bonds. The molecule has 0 aromatic heterocycles. The summed E-state index contributed by atoms with van der Waals surface area (Å²) in [6, 6.07) is 8.54. The SMILES string of the molecule is CC(C(=O)N1CCCC1)N(Cc1cccc(N)c1)C1CC1. The first-order valence-electron chi connectivity index (χ1n) is 8.04. The van der Waals surface area contributed by atoms with Gasteiger partial charge in [-0.15, -0.1) is 0 Å². The van der Waals surface area contributed by atoms with E-state index in [0.29, 0.717) is 11.9 Å². The van der Waals surface area contributed by atoms with Gasteiger partial charge in [0.25, 0.3) is 0 Å². The van der Waals surface area contributed by atoms with Gasteiger partial charge in [-0.1, -0.05) is 12.1 Å². The monoisotopic (exact) mass is 287 g/mol. The van der Waals surface area contributed by atoms with Gasteiger partial charge in [-0.2, -0.15) is 0 Å². The molecule has 0 spiro atoms. The van der Waals surface area contributed by atoms with Crippen LogP contribution in [0.5, 0.6) is 0 Å². The van der Waals surface area contributed by atoms with Crippen LogP contribution >= 0.6 is 0 Å². The lowest BCUT2D eigenvalue weighted by atomic mass is 10.1. The van der Waals surface area contributed by atoms with E-state index in [1.807, 2.05) is 23.1 Å². The van der Waals surface area contributed by atoms with Gasteiger partial charge >= 0.3 is 0 Å². The average molecular weight is 287 g/mol. The number of hydrogen-bond donors (Lipinski definition) is 1. The van der Waals surface area contributed by atoms with E-state index in [0.717, 1.165) is 38.2 Å².